The van der Waals surface area contributed by atoms with Crippen molar-refractivity contribution in [1.29, 1.82) is 0 Å². The minimum atomic E-state index is -0.0597. The van der Waals surface area contributed by atoms with E-state index in [4.69, 9.17) is 32.9 Å². The summed E-state index contributed by atoms with van der Waals surface area (Å²) in [5, 5.41) is 15.8. The van der Waals surface area contributed by atoms with Crippen molar-refractivity contribution in [2.75, 3.05) is 12.4 Å². The van der Waals surface area contributed by atoms with E-state index in [0.29, 0.717) is 28.0 Å². The second-order valence-electron chi connectivity index (χ2n) is 6.75. The first-order valence-corrected chi connectivity index (χ1v) is 10.1. The Kier molecular flexibility index (Phi) is 6.04. The van der Waals surface area contributed by atoms with Crippen molar-refractivity contribution < 1.29 is 9.84 Å². The van der Waals surface area contributed by atoms with Gasteiger partial charge in [-0.2, -0.15) is 0 Å². The number of nitrogens with zero attached hydrogens (tertiary/aromatic N) is 2. The lowest BCUT2D eigenvalue weighted by Crippen LogP contribution is -2.02. The molecule has 0 saturated heterocycles. The van der Waals surface area contributed by atoms with Crippen LogP contribution in [0.5, 0.6) is 5.75 Å². The van der Waals surface area contributed by atoms with Crippen molar-refractivity contribution in [3.8, 4) is 5.75 Å². The van der Waals surface area contributed by atoms with Gasteiger partial charge in [0.25, 0.3) is 0 Å². The van der Waals surface area contributed by atoms with Crippen LogP contribution >= 0.6 is 23.2 Å². The van der Waals surface area contributed by atoms with Gasteiger partial charge in [0.15, 0.2) is 0 Å². The highest BCUT2D eigenvalue weighted by Gasteiger charge is 2.13. The van der Waals surface area contributed by atoms with Gasteiger partial charge >= 0.3 is 0 Å². The van der Waals surface area contributed by atoms with Crippen LogP contribution in [0, 0.1) is 0 Å². The van der Waals surface area contributed by atoms with Gasteiger partial charge in [0, 0.05) is 39.9 Å². The Morgan fingerprint density at radius 2 is 1.87 bits per heavy atom. The quantitative estimate of drug-likeness (QED) is 0.398. The number of rotatable bonds is 6. The fourth-order valence-electron chi connectivity index (χ4n) is 3.28. The molecular formula is C23H19Cl2N3O2. The molecule has 0 aliphatic rings. The number of methoxy groups -OCH3 is 1. The number of aliphatic hydroxyl groups is 1. The average molecular weight is 440 g/mol. The molecule has 4 aromatic rings. The molecule has 2 heterocycles. The Morgan fingerprint density at radius 3 is 2.60 bits per heavy atom. The number of hydrogen-bond acceptors (Lipinski definition) is 5. The van der Waals surface area contributed by atoms with E-state index in [-0.39, 0.29) is 6.61 Å². The molecule has 0 amide bonds. The Labute approximate surface area is 184 Å². The summed E-state index contributed by atoms with van der Waals surface area (Å²) >= 11 is 12.7. The molecular weight excluding hydrogens is 421 g/mol. The molecule has 0 atom stereocenters. The fourth-order valence-corrected chi connectivity index (χ4v) is 3.81. The Bertz CT molecular complexity index is 1190. The Balaban J connectivity index is 1.78. The van der Waals surface area contributed by atoms with Gasteiger partial charge in [-0.25, -0.2) is 4.98 Å². The molecule has 0 fully saturated rings. The van der Waals surface area contributed by atoms with Gasteiger partial charge in [0.1, 0.15) is 11.6 Å². The molecule has 0 aliphatic heterocycles. The van der Waals surface area contributed by atoms with Crippen LogP contribution in [-0.2, 0) is 13.0 Å². The van der Waals surface area contributed by atoms with Crippen molar-refractivity contribution >= 4 is 45.5 Å². The number of ether oxygens (including phenoxy) is 1. The third kappa shape index (κ3) is 4.19. The summed E-state index contributed by atoms with van der Waals surface area (Å²) < 4.78 is 5.48. The fraction of sp³-hybridized carbons (Fsp3) is 0.130. The molecule has 30 heavy (non-hydrogen) atoms. The summed E-state index contributed by atoms with van der Waals surface area (Å²) in [7, 11) is 1.59. The third-order valence-electron chi connectivity index (χ3n) is 4.81. The SMILES string of the molecule is COc1cc(CO)ccc1Nc1nc(Cc2c(Cl)cccc2Cl)cc2ccncc12. The monoisotopic (exact) mass is 439 g/mol. The van der Waals surface area contributed by atoms with Gasteiger partial charge < -0.3 is 15.2 Å². The first-order chi connectivity index (χ1) is 14.6. The largest absolute Gasteiger partial charge is 0.495 e. The van der Waals surface area contributed by atoms with Crippen LogP contribution in [0.15, 0.2) is 60.9 Å². The van der Waals surface area contributed by atoms with E-state index in [1.54, 1.807) is 25.6 Å². The Hall–Kier alpha value is -2.86. The predicted octanol–water partition coefficient (Wildman–Crippen LogP) is 5.77. The molecule has 2 N–H and O–H groups in total. The van der Waals surface area contributed by atoms with Crippen LogP contribution in [0.25, 0.3) is 10.8 Å². The second-order valence-corrected chi connectivity index (χ2v) is 7.57. The van der Waals surface area contributed by atoms with Crippen molar-refractivity contribution in [1.82, 2.24) is 9.97 Å². The van der Waals surface area contributed by atoms with Gasteiger partial charge in [-0.3, -0.25) is 4.98 Å². The van der Waals surface area contributed by atoms with E-state index < -0.39 is 0 Å². The highest BCUT2D eigenvalue weighted by Crippen LogP contribution is 2.33. The lowest BCUT2D eigenvalue weighted by atomic mass is 10.1. The number of benzene rings is 2. The summed E-state index contributed by atoms with van der Waals surface area (Å²) in [6, 6.07) is 14.9. The molecule has 4 rings (SSSR count). The van der Waals surface area contributed by atoms with E-state index in [0.717, 1.165) is 33.3 Å². The lowest BCUT2D eigenvalue weighted by Gasteiger charge is -2.15. The standard InChI is InChI=1S/C23H19Cl2N3O2/c1-30-22-9-14(13-29)5-6-21(22)28-23-18-12-26-8-7-15(18)10-16(27-23)11-17-19(24)3-2-4-20(17)25/h2-10,12,29H,11,13H2,1H3,(H,27,28). The highest BCUT2D eigenvalue weighted by molar-refractivity contribution is 6.36. The van der Waals surface area contributed by atoms with E-state index >= 15 is 0 Å². The number of nitrogens with one attached hydrogen (secondary N) is 1. The summed E-state index contributed by atoms with van der Waals surface area (Å²) in [5.41, 5.74) is 3.15. The molecule has 0 saturated carbocycles. The smallest absolute Gasteiger partial charge is 0.142 e. The molecule has 7 heteroatoms. The van der Waals surface area contributed by atoms with Crippen molar-refractivity contribution in [2.45, 2.75) is 13.0 Å². The summed E-state index contributed by atoms with van der Waals surface area (Å²) in [4.78, 5) is 9.06. The molecule has 0 radical (unpaired) electrons. The van der Waals surface area contributed by atoms with Crippen molar-refractivity contribution in [3.63, 3.8) is 0 Å². The normalized spacial score (nSPS) is 10.9. The number of anilines is 2. The van der Waals surface area contributed by atoms with Crippen LogP contribution in [0.2, 0.25) is 10.0 Å². The first-order valence-electron chi connectivity index (χ1n) is 9.30. The van der Waals surface area contributed by atoms with Crippen LogP contribution in [0.4, 0.5) is 11.5 Å². The number of halogens is 2. The van der Waals surface area contributed by atoms with E-state index in [1.165, 1.54) is 0 Å². The second kappa shape index (κ2) is 8.88. The maximum Gasteiger partial charge on any atom is 0.142 e. The van der Waals surface area contributed by atoms with Gasteiger partial charge in [-0.15, -0.1) is 0 Å². The summed E-state index contributed by atoms with van der Waals surface area (Å²) in [6.07, 6.45) is 4.01. The predicted molar refractivity (Wildman–Crippen MR) is 121 cm³/mol. The van der Waals surface area contributed by atoms with Crippen LogP contribution in [-0.4, -0.2) is 22.2 Å². The lowest BCUT2D eigenvalue weighted by molar-refractivity contribution is 0.281. The number of aromatic nitrogens is 2. The van der Waals surface area contributed by atoms with Gasteiger partial charge in [-0.1, -0.05) is 35.3 Å². The van der Waals surface area contributed by atoms with Crippen LogP contribution in [0.3, 0.4) is 0 Å². The zero-order valence-electron chi connectivity index (χ0n) is 16.2. The number of fused-ring (bicyclic) bond motifs is 1. The topological polar surface area (TPSA) is 67.3 Å². The first kappa shape index (κ1) is 20.4. The summed E-state index contributed by atoms with van der Waals surface area (Å²) in [5.74, 6) is 1.26. The van der Waals surface area contributed by atoms with Crippen LogP contribution in [0.1, 0.15) is 16.8 Å². The minimum Gasteiger partial charge on any atom is -0.495 e. The molecule has 2 aromatic heterocycles. The molecule has 152 valence electrons. The third-order valence-corrected chi connectivity index (χ3v) is 5.52. The zero-order valence-corrected chi connectivity index (χ0v) is 17.7. The number of aliphatic hydroxyl groups excluding tert-OH is 1. The van der Waals surface area contributed by atoms with E-state index in [9.17, 15) is 5.11 Å². The minimum absolute atomic E-state index is 0.0597. The maximum absolute atomic E-state index is 9.38. The molecule has 0 aliphatic carbocycles. The highest BCUT2D eigenvalue weighted by atomic mass is 35.5. The van der Waals surface area contributed by atoms with Crippen molar-refractivity contribution in [2.24, 2.45) is 0 Å². The molecule has 2 aromatic carbocycles. The van der Waals surface area contributed by atoms with E-state index in [1.807, 2.05) is 42.5 Å². The number of pyridine rings is 2. The Morgan fingerprint density at radius 1 is 1.07 bits per heavy atom. The average Bonchev–Trinajstić information content (AvgIpc) is 2.76. The van der Waals surface area contributed by atoms with Gasteiger partial charge in [-0.05, 0) is 52.9 Å². The summed E-state index contributed by atoms with van der Waals surface area (Å²) in [6.45, 7) is -0.0597. The number of hydrogen-bond donors (Lipinski definition) is 2. The van der Waals surface area contributed by atoms with Gasteiger partial charge in [0.2, 0.25) is 0 Å². The zero-order chi connectivity index (χ0) is 21.1. The molecule has 0 bridgehead atoms. The molecule has 5 nitrogen and oxygen atoms in total. The van der Waals surface area contributed by atoms with E-state index in [2.05, 4.69) is 10.3 Å². The molecule has 0 spiro atoms. The van der Waals surface area contributed by atoms with Crippen molar-refractivity contribution in [3.05, 3.63) is 87.8 Å². The van der Waals surface area contributed by atoms with Gasteiger partial charge in [0.05, 0.1) is 19.4 Å². The molecule has 0 unspecified atom stereocenters. The maximum atomic E-state index is 9.38. The van der Waals surface area contributed by atoms with Crippen LogP contribution < -0.4 is 10.1 Å².